The van der Waals surface area contributed by atoms with E-state index in [1.54, 1.807) is 0 Å². The van der Waals surface area contributed by atoms with Gasteiger partial charge in [-0.15, -0.1) is 0 Å². The molecule has 2 fully saturated rings. The zero-order chi connectivity index (χ0) is 11.7. The molecule has 0 aliphatic heterocycles. The predicted molar refractivity (Wildman–Crippen MR) is 66.4 cm³/mol. The van der Waals surface area contributed by atoms with Gasteiger partial charge < -0.3 is 4.74 Å². The minimum Gasteiger partial charge on any atom is -0.490 e. The second kappa shape index (κ2) is 4.52. The van der Waals surface area contributed by atoms with Crippen LogP contribution in [0, 0.1) is 5.92 Å². The molecule has 90 valence electrons. The molecule has 0 heterocycles. The number of hydrogen-bond donors (Lipinski definition) is 0. The number of carbonyl (C=O) groups excluding carboxylic acids is 1. The summed E-state index contributed by atoms with van der Waals surface area (Å²) in [6.07, 6.45) is 7.43. The molecule has 0 atom stereocenters. The molecule has 1 aromatic rings. The van der Waals surface area contributed by atoms with E-state index in [4.69, 9.17) is 4.74 Å². The smallest absolute Gasteiger partial charge is 0.165 e. The topological polar surface area (TPSA) is 26.3 Å². The molecule has 1 aromatic carbocycles. The van der Waals surface area contributed by atoms with E-state index in [2.05, 4.69) is 0 Å². The Morgan fingerprint density at radius 3 is 2.24 bits per heavy atom. The molecule has 2 heteroatoms. The molecule has 0 aromatic heterocycles. The molecule has 2 nitrogen and oxygen atoms in total. The van der Waals surface area contributed by atoms with Crippen molar-refractivity contribution in [3.8, 4) is 5.75 Å². The third-order valence-corrected chi connectivity index (χ3v) is 3.69. The lowest BCUT2D eigenvalue weighted by atomic mass is 10.1. The fourth-order valence-electron chi connectivity index (χ4n) is 2.48. The lowest BCUT2D eigenvalue weighted by Crippen LogP contribution is -2.11. The van der Waals surface area contributed by atoms with Crippen LogP contribution < -0.4 is 4.74 Å². The average Bonchev–Trinajstić information content (AvgIpc) is 3.09. The highest BCUT2D eigenvalue weighted by Gasteiger charge is 2.30. The monoisotopic (exact) mass is 230 g/mol. The molecule has 3 rings (SSSR count). The van der Waals surface area contributed by atoms with Crippen molar-refractivity contribution in [2.75, 3.05) is 0 Å². The normalized spacial score (nSPS) is 20.5. The highest BCUT2D eigenvalue weighted by atomic mass is 16.5. The Bertz CT molecular complexity index is 397. The Balaban J connectivity index is 1.64. The van der Waals surface area contributed by atoms with Crippen molar-refractivity contribution in [2.45, 2.75) is 44.6 Å². The summed E-state index contributed by atoms with van der Waals surface area (Å²) in [5, 5.41) is 0. The Labute approximate surface area is 102 Å². The van der Waals surface area contributed by atoms with E-state index in [1.807, 2.05) is 24.3 Å². The lowest BCUT2D eigenvalue weighted by molar-refractivity contribution is 0.0967. The molecule has 2 aliphatic carbocycles. The number of carbonyl (C=O) groups is 1. The van der Waals surface area contributed by atoms with E-state index in [-0.39, 0.29) is 0 Å². The fraction of sp³-hybridized carbons (Fsp3) is 0.533. The number of hydrogen-bond acceptors (Lipinski definition) is 2. The van der Waals surface area contributed by atoms with Crippen LogP contribution in [0.5, 0.6) is 5.75 Å². The summed E-state index contributed by atoms with van der Waals surface area (Å²) in [5.41, 5.74) is 0.839. The van der Waals surface area contributed by atoms with Gasteiger partial charge in [0.25, 0.3) is 0 Å². The quantitative estimate of drug-likeness (QED) is 0.739. The highest BCUT2D eigenvalue weighted by Crippen LogP contribution is 2.33. The molecular weight excluding hydrogens is 212 g/mol. The van der Waals surface area contributed by atoms with Gasteiger partial charge in [-0.2, -0.15) is 0 Å². The summed E-state index contributed by atoms with van der Waals surface area (Å²) in [4.78, 5) is 11.8. The number of ketones is 1. The molecule has 0 unspecified atom stereocenters. The molecule has 0 bridgehead atoms. The average molecular weight is 230 g/mol. The SMILES string of the molecule is O=C(c1ccc(OC2CCCC2)cc1)C1CC1. The number of benzene rings is 1. The molecule has 2 aliphatic rings. The first-order chi connectivity index (χ1) is 8.33. The fourth-order valence-corrected chi connectivity index (χ4v) is 2.48. The van der Waals surface area contributed by atoms with Crippen molar-refractivity contribution in [1.29, 1.82) is 0 Å². The van der Waals surface area contributed by atoms with Gasteiger partial charge >= 0.3 is 0 Å². The third-order valence-electron chi connectivity index (χ3n) is 3.69. The van der Waals surface area contributed by atoms with Crippen LogP contribution in [0.15, 0.2) is 24.3 Å². The van der Waals surface area contributed by atoms with Crippen LogP contribution >= 0.6 is 0 Å². The van der Waals surface area contributed by atoms with Crippen molar-refractivity contribution < 1.29 is 9.53 Å². The summed E-state index contributed by atoms with van der Waals surface area (Å²) in [6.45, 7) is 0. The van der Waals surface area contributed by atoms with Crippen LogP contribution in [0.25, 0.3) is 0 Å². The summed E-state index contributed by atoms with van der Waals surface area (Å²) in [7, 11) is 0. The third kappa shape index (κ3) is 2.51. The van der Waals surface area contributed by atoms with Gasteiger partial charge in [-0.1, -0.05) is 0 Å². The van der Waals surface area contributed by atoms with Gasteiger partial charge in [0.2, 0.25) is 0 Å². The van der Waals surface area contributed by atoms with Gasteiger partial charge in [0, 0.05) is 11.5 Å². The highest BCUT2D eigenvalue weighted by molar-refractivity contribution is 5.99. The summed E-state index contributed by atoms with van der Waals surface area (Å²) in [6, 6.07) is 7.69. The zero-order valence-corrected chi connectivity index (χ0v) is 10.0. The van der Waals surface area contributed by atoms with Gasteiger partial charge in [-0.05, 0) is 62.8 Å². The van der Waals surface area contributed by atoms with Crippen molar-refractivity contribution in [3.05, 3.63) is 29.8 Å². The second-order valence-electron chi connectivity index (χ2n) is 5.19. The van der Waals surface area contributed by atoms with E-state index in [9.17, 15) is 4.79 Å². The molecular formula is C15H18O2. The van der Waals surface area contributed by atoms with Crippen LogP contribution in [0.2, 0.25) is 0 Å². The molecule has 2 saturated carbocycles. The first-order valence-electron chi connectivity index (χ1n) is 6.64. The predicted octanol–water partition coefficient (Wildman–Crippen LogP) is 3.60. The molecule has 17 heavy (non-hydrogen) atoms. The van der Waals surface area contributed by atoms with Crippen LogP contribution in [-0.4, -0.2) is 11.9 Å². The first-order valence-corrected chi connectivity index (χ1v) is 6.64. The summed E-state index contributed by atoms with van der Waals surface area (Å²) in [5.74, 6) is 1.51. The molecule has 0 spiro atoms. The van der Waals surface area contributed by atoms with Crippen molar-refractivity contribution in [1.82, 2.24) is 0 Å². The maximum atomic E-state index is 11.8. The number of rotatable bonds is 4. The lowest BCUT2D eigenvalue weighted by Gasteiger charge is -2.13. The van der Waals surface area contributed by atoms with E-state index in [0.29, 0.717) is 17.8 Å². The van der Waals surface area contributed by atoms with E-state index in [0.717, 1.165) is 24.2 Å². The van der Waals surface area contributed by atoms with Crippen molar-refractivity contribution >= 4 is 5.78 Å². The van der Waals surface area contributed by atoms with Crippen molar-refractivity contribution in [2.24, 2.45) is 5.92 Å². The first kappa shape index (κ1) is 10.8. The van der Waals surface area contributed by atoms with Crippen LogP contribution in [-0.2, 0) is 0 Å². The van der Waals surface area contributed by atoms with Gasteiger partial charge in [0.15, 0.2) is 5.78 Å². The second-order valence-corrected chi connectivity index (χ2v) is 5.19. The maximum absolute atomic E-state index is 11.8. The zero-order valence-electron chi connectivity index (χ0n) is 10.0. The Hall–Kier alpha value is -1.31. The van der Waals surface area contributed by atoms with Crippen LogP contribution in [0.1, 0.15) is 48.9 Å². The Morgan fingerprint density at radius 1 is 1.00 bits per heavy atom. The van der Waals surface area contributed by atoms with Crippen LogP contribution in [0.4, 0.5) is 0 Å². The minimum atomic E-state index is 0.302. The van der Waals surface area contributed by atoms with E-state index in [1.165, 1.54) is 25.7 Å². The van der Waals surface area contributed by atoms with Gasteiger partial charge in [0.1, 0.15) is 5.75 Å². The van der Waals surface area contributed by atoms with Gasteiger partial charge in [0.05, 0.1) is 6.10 Å². The Morgan fingerprint density at radius 2 is 1.65 bits per heavy atom. The largest absolute Gasteiger partial charge is 0.490 e. The molecule has 0 radical (unpaired) electrons. The summed E-state index contributed by atoms with van der Waals surface area (Å²) >= 11 is 0. The molecule has 0 amide bonds. The Kier molecular flexibility index (Phi) is 2.87. The van der Waals surface area contributed by atoms with Gasteiger partial charge in [-0.3, -0.25) is 4.79 Å². The van der Waals surface area contributed by atoms with Crippen molar-refractivity contribution in [3.63, 3.8) is 0 Å². The standard InChI is InChI=1S/C15H18O2/c16-15(11-5-6-11)12-7-9-14(10-8-12)17-13-3-1-2-4-13/h7-11,13H,1-6H2. The number of ether oxygens (including phenoxy) is 1. The molecule has 0 saturated heterocycles. The maximum Gasteiger partial charge on any atom is 0.165 e. The van der Waals surface area contributed by atoms with E-state index < -0.39 is 0 Å². The van der Waals surface area contributed by atoms with Crippen LogP contribution in [0.3, 0.4) is 0 Å². The molecule has 0 N–H and O–H groups in total. The van der Waals surface area contributed by atoms with Gasteiger partial charge in [-0.25, -0.2) is 0 Å². The minimum absolute atomic E-state index is 0.302. The van der Waals surface area contributed by atoms with E-state index >= 15 is 0 Å². The number of Topliss-reactive ketones (excluding diaryl/α,β-unsaturated/α-hetero) is 1. The summed E-state index contributed by atoms with van der Waals surface area (Å²) < 4.78 is 5.87.